The maximum Gasteiger partial charge on any atom is 0.294 e. The number of benzene rings is 3. The molecule has 1 saturated heterocycles. The van der Waals surface area contributed by atoms with E-state index in [-0.39, 0.29) is 34.5 Å². The molecule has 11 heteroatoms. The van der Waals surface area contributed by atoms with Crippen LogP contribution in [0, 0.1) is 25.6 Å². The van der Waals surface area contributed by atoms with Crippen LogP contribution in [0.4, 0.5) is 18.9 Å². The fourth-order valence-electron chi connectivity index (χ4n) is 6.95. The standard InChI is InChI=1S/C38H43F3N4O4/c1-19(2)38(40,41)27-8-9-28(29(17-27)23-6-7-23)35(42)44-37(49)24-10-11-45(22(5)14-24)31-16-26(15-30(39)34(31)36(43)48)33-20(3)12-25(13-21(33)4)32(47)18-46/h8-9,12-13,15-17,22-24,32,46-47H,1,6-7,10-11,14,18H2,2-5H3,(H2,43,48)(H2,42,44,49)/t22-,24-,32?/m0/s1. The maximum atomic E-state index is 15.7. The predicted octanol–water partition coefficient (Wildman–Crippen LogP) is 6.32. The van der Waals surface area contributed by atoms with Gasteiger partial charge >= 0.3 is 0 Å². The third-order valence-corrected chi connectivity index (χ3v) is 9.73. The van der Waals surface area contributed by atoms with Gasteiger partial charge in [-0.05, 0) is 116 Å². The first-order chi connectivity index (χ1) is 23.0. The molecule has 2 fully saturated rings. The fourth-order valence-corrected chi connectivity index (χ4v) is 6.95. The van der Waals surface area contributed by atoms with Crippen molar-refractivity contribution in [2.75, 3.05) is 18.1 Å². The lowest BCUT2D eigenvalue weighted by Crippen LogP contribution is -2.43. The van der Waals surface area contributed by atoms with Gasteiger partial charge in [0.15, 0.2) is 0 Å². The van der Waals surface area contributed by atoms with Crippen molar-refractivity contribution in [2.24, 2.45) is 22.4 Å². The number of alkyl halides is 2. The van der Waals surface area contributed by atoms with Crippen molar-refractivity contribution in [3.8, 4) is 11.1 Å². The van der Waals surface area contributed by atoms with E-state index in [9.17, 15) is 28.6 Å². The molecular formula is C38H43F3N4O4. The Hall–Kier alpha value is -4.48. The number of amides is 2. The highest BCUT2D eigenvalue weighted by molar-refractivity contribution is 6.06. The normalized spacial score (nSPS) is 19.1. The van der Waals surface area contributed by atoms with E-state index in [2.05, 4.69) is 11.6 Å². The van der Waals surface area contributed by atoms with Crippen LogP contribution in [0.15, 0.2) is 59.6 Å². The minimum atomic E-state index is -3.20. The molecule has 3 aromatic rings. The van der Waals surface area contributed by atoms with Gasteiger partial charge in [-0.2, -0.15) is 13.8 Å². The van der Waals surface area contributed by atoms with Gasteiger partial charge in [0.1, 0.15) is 17.8 Å². The smallest absolute Gasteiger partial charge is 0.294 e. The zero-order valence-electron chi connectivity index (χ0n) is 28.2. The second-order valence-electron chi connectivity index (χ2n) is 13.5. The molecule has 1 unspecified atom stereocenters. The summed E-state index contributed by atoms with van der Waals surface area (Å²) in [5.41, 5.74) is 16.0. The number of aliphatic hydroxyl groups excluding tert-OH is 2. The molecule has 6 N–H and O–H groups in total. The Labute approximate surface area is 284 Å². The van der Waals surface area contributed by atoms with Crippen LogP contribution in [0.3, 0.4) is 0 Å². The number of hydrogen-bond acceptors (Lipinski definition) is 5. The molecule has 8 nitrogen and oxygen atoms in total. The molecule has 0 aromatic heterocycles. The van der Waals surface area contributed by atoms with Crippen LogP contribution in [0.2, 0.25) is 0 Å². The number of nitrogens with two attached hydrogens (primary N) is 2. The zero-order valence-corrected chi connectivity index (χ0v) is 28.2. The number of amidine groups is 1. The molecule has 3 atom stereocenters. The second kappa shape index (κ2) is 13.8. The number of primary amides is 1. The molecule has 3 aromatic carbocycles. The Kier molecular flexibility index (Phi) is 10.1. The SMILES string of the molecule is C=C(C)C(F)(F)c1ccc(C(N)=NC(=O)[C@H]2CCN(c3cc(-c4c(C)cc(C(O)CO)cc4C)cc(F)c3C(N)=O)[C@@H](C)C2)c(C2CC2)c1. The molecule has 5 rings (SSSR count). The summed E-state index contributed by atoms with van der Waals surface area (Å²) in [6, 6.07) is 10.4. The lowest BCUT2D eigenvalue weighted by Gasteiger charge is -2.39. The number of nitrogens with zero attached hydrogens (tertiary/aromatic N) is 2. The third-order valence-electron chi connectivity index (χ3n) is 9.73. The Morgan fingerprint density at radius 1 is 1.08 bits per heavy atom. The van der Waals surface area contributed by atoms with E-state index >= 15 is 4.39 Å². The van der Waals surface area contributed by atoms with E-state index in [0.717, 1.165) is 29.5 Å². The number of carbonyl (C=O) groups is 2. The number of aliphatic imine (C=N–C) groups is 1. The summed E-state index contributed by atoms with van der Waals surface area (Å²) >= 11 is 0. The van der Waals surface area contributed by atoms with Crippen molar-refractivity contribution in [1.29, 1.82) is 0 Å². The first-order valence-electron chi connectivity index (χ1n) is 16.4. The lowest BCUT2D eigenvalue weighted by molar-refractivity contribution is -0.122. The van der Waals surface area contributed by atoms with Crippen LogP contribution in [0.25, 0.3) is 11.1 Å². The van der Waals surface area contributed by atoms with Crippen molar-refractivity contribution in [1.82, 2.24) is 0 Å². The van der Waals surface area contributed by atoms with Crippen molar-refractivity contribution in [3.05, 3.63) is 99.4 Å². The zero-order chi connectivity index (χ0) is 35.9. The molecule has 0 bridgehead atoms. The topological polar surface area (TPSA) is 142 Å². The minimum absolute atomic E-state index is 0.0266. The summed E-state index contributed by atoms with van der Waals surface area (Å²) in [6.07, 6.45) is 1.29. The van der Waals surface area contributed by atoms with Crippen molar-refractivity contribution < 1.29 is 33.0 Å². The van der Waals surface area contributed by atoms with E-state index in [4.69, 9.17) is 11.5 Å². The molecule has 2 aliphatic rings. The molecular weight excluding hydrogens is 633 g/mol. The Morgan fingerprint density at radius 3 is 2.29 bits per heavy atom. The highest BCUT2D eigenvalue weighted by Gasteiger charge is 2.37. The van der Waals surface area contributed by atoms with Crippen LogP contribution in [0.1, 0.15) is 95.3 Å². The Bertz CT molecular complexity index is 1830. The van der Waals surface area contributed by atoms with Gasteiger partial charge in [-0.25, -0.2) is 4.39 Å². The fraction of sp³-hybridized carbons (Fsp3) is 0.395. The summed E-state index contributed by atoms with van der Waals surface area (Å²) in [4.78, 5) is 32.0. The van der Waals surface area contributed by atoms with Gasteiger partial charge in [0.25, 0.3) is 17.7 Å². The molecule has 49 heavy (non-hydrogen) atoms. The van der Waals surface area contributed by atoms with Gasteiger partial charge in [-0.1, -0.05) is 30.8 Å². The minimum Gasteiger partial charge on any atom is -0.393 e. The van der Waals surface area contributed by atoms with Crippen LogP contribution in [-0.4, -0.2) is 47.1 Å². The van der Waals surface area contributed by atoms with E-state index in [1.807, 2.05) is 25.7 Å². The van der Waals surface area contributed by atoms with Crippen molar-refractivity contribution in [2.45, 2.75) is 77.4 Å². The highest BCUT2D eigenvalue weighted by Crippen LogP contribution is 2.45. The largest absolute Gasteiger partial charge is 0.393 e. The second-order valence-corrected chi connectivity index (χ2v) is 13.5. The maximum absolute atomic E-state index is 15.7. The number of allylic oxidation sites excluding steroid dienone is 1. The summed E-state index contributed by atoms with van der Waals surface area (Å²) in [5.74, 6) is -5.81. The summed E-state index contributed by atoms with van der Waals surface area (Å²) < 4.78 is 45.1. The van der Waals surface area contributed by atoms with Gasteiger partial charge in [-0.3, -0.25) is 9.59 Å². The van der Waals surface area contributed by atoms with Gasteiger partial charge < -0.3 is 26.6 Å². The molecule has 1 heterocycles. The quantitative estimate of drug-likeness (QED) is 0.113. The molecule has 0 spiro atoms. The third kappa shape index (κ3) is 7.14. The van der Waals surface area contributed by atoms with Crippen LogP contribution in [-0.2, 0) is 10.7 Å². The number of halogens is 3. The number of anilines is 1. The Balaban J connectivity index is 1.41. The molecule has 0 radical (unpaired) electrons. The summed E-state index contributed by atoms with van der Waals surface area (Å²) in [6.45, 7) is 10.1. The number of piperidine rings is 1. The van der Waals surface area contributed by atoms with Gasteiger partial charge in [0.2, 0.25) is 0 Å². The molecule has 260 valence electrons. The average Bonchev–Trinajstić information content (AvgIpc) is 3.89. The number of hydrogen-bond donors (Lipinski definition) is 4. The van der Waals surface area contributed by atoms with E-state index in [1.165, 1.54) is 31.2 Å². The summed E-state index contributed by atoms with van der Waals surface area (Å²) in [5, 5.41) is 19.5. The number of rotatable bonds is 10. The molecule has 1 aliphatic carbocycles. The Morgan fingerprint density at radius 2 is 1.73 bits per heavy atom. The lowest BCUT2D eigenvalue weighted by atomic mass is 9.88. The number of aryl methyl sites for hydroxylation is 2. The van der Waals surface area contributed by atoms with Crippen molar-refractivity contribution >= 4 is 23.3 Å². The number of aliphatic hydroxyl groups is 2. The first kappa shape index (κ1) is 35.8. The molecule has 1 aliphatic heterocycles. The van der Waals surface area contributed by atoms with Crippen molar-refractivity contribution in [3.63, 3.8) is 0 Å². The average molecular weight is 677 g/mol. The predicted molar refractivity (Wildman–Crippen MR) is 184 cm³/mol. The van der Waals surface area contributed by atoms with E-state index in [0.29, 0.717) is 47.3 Å². The van der Waals surface area contributed by atoms with Gasteiger partial charge in [-0.15, -0.1) is 0 Å². The van der Waals surface area contributed by atoms with E-state index < -0.39 is 42.2 Å². The number of carbonyl (C=O) groups excluding carboxylic acids is 2. The van der Waals surface area contributed by atoms with Gasteiger partial charge in [0, 0.05) is 29.6 Å². The highest BCUT2D eigenvalue weighted by atomic mass is 19.3. The summed E-state index contributed by atoms with van der Waals surface area (Å²) in [7, 11) is 0. The van der Waals surface area contributed by atoms with Crippen LogP contribution >= 0.6 is 0 Å². The molecule has 2 amide bonds. The molecule has 1 saturated carbocycles. The first-order valence-corrected chi connectivity index (χ1v) is 16.4. The van der Waals surface area contributed by atoms with E-state index in [1.54, 1.807) is 18.2 Å². The van der Waals surface area contributed by atoms with Crippen LogP contribution < -0.4 is 16.4 Å². The van der Waals surface area contributed by atoms with Gasteiger partial charge in [0.05, 0.1) is 17.9 Å². The van der Waals surface area contributed by atoms with Crippen LogP contribution in [0.5, 0.6) is 0 Å². The monoisotopic (exact) mass is 676 g/mol.